The highest BCUT2D eigenvalue weighted by atomic mass is 32.1. The molecule has 1 unspecified atom stereocenters. The molecule has 1 heterocycles. The Morgan fingerprint density at radius 3 is 2.46 bits per heavy atom. The Kier molecular flexibility index (Phi) is 8.10. The van der Waals surface area contributed by atoms with E-state index in [1.54, 1.807) is 14.2 Å². The van der Waals surface area contributed by atoms with Crippen LogP contribution in [0.15, 0.2) is 34.6 Å². The molecule has 2 N–H and O–H groups in total. The second kappa shape index (κ2) is 10.3. The van der Waals surface area contributed by atoms with E-state index in [0.717, 1.165) is 35.4 Å². The molecular formula is C19H25F3N4OS. The summed E-state index contributed by atoms with van der Waals surface area (Å²) in [5.74, 6) is 1.82. The van der Waals surface area contributed by atoms with Gasteiger partial charge < -0.3 is 15.4 Å². The van der Waals surface area contributed by atoms with Crippen LogP contribution in [0.2, 0.25) is 0 Å². The maximum Gasteiger partial charge on any atom is 0.434 e. The molecule has 0 amide bonds. The molecule has 5 nitrogen and oxygen atoms in total. The minimum Gasteiger partial charge on any atom is -0.497 e. The third-order valence-corrected chi connectivity index (χ3v) is 5.16. The van der Waals surface area contributed by atoms with Crippen molar-refractivity contribution in [2.45, 2.75) is 31.9 Å². The average Bonchev–Trinajstić information content (AvgIpc) is 3.16. The molecule has 0 aliphatic carbocycles. The molecule has 1 atom stereocenters. The number of guanidine groups is 1. The predicted molar refractivity (Wildman–Crippen MR) is 106 cm³/mol. The quantitative estimate of drug-likeness (QED) is 0.505. The van der Waals surface area contributed by atoms with Gasteiger partial charge in [-0.05, 0) is 30.0 Å². The zero-order valence-electron chi connectivity index (χ0n) is 16.1. The molecule has 0 bridgehead atoms. The summed E-state index contributed by atoms with van der Waals surface area (Å²) in [6, 6.07) is 8.00. The van der Waals surface area contributed by atoms with Gasteiger partial charge in [0.25, 0.3) is 0 Å². The number of aromatic nitrogens is 1. The summed E-state index contributed by atoms with van der Waals surface area (Å²) >= 11 is 1.02. The van der Waals surface area contributed by atoms with Crippen molar-refractivity contribution < 1.29 is 17.9 Å². The number of methoxy groups -OCH3 is 1. The molecule has 1 aromatic carbocycles. The number of thiazole rings is 1. The van der Waals surface area contributed by atoms with Crippen LogP contribution in [0.25, 0.3) is 0 Å². The molecule has 28 heavy (non-hydrogen) atoms. The van der Waals surface area contributed by atoms with Crippen molar-refractivity contribution in [3.63, 3.8) is 0 Å². The number of nitrogens with zero attached hydrogens (tertiary/aromatic N) is 2. The lowest BCUT2D eigenvalue weighted by Crippen LogP contribution is -2.39. The molecule has 0 spiro atoms. The first-order chi connectivity index (χ1) is 13.3. The molecule has 0 saturated heterocycles. The summed E-state index contributed by atoms with van der Waals surface area (Å²) in [6.07, 6.45) is -3.07. The number of hydrogen-bond donors (Lipinski definition) is 2. The van der Waals surface area contributed by atoms with Crippen LogP contribution in [0, 0.1) is 0 Å². The van der Waals surface area contributed by atoms with Crippen molar-refractivity contribution in [1.82, 2.24) is 15.6 Å². The van der Waals surface area contributed by atoms with Gasteiger partial charge in [0, 0.05) is 31.9 Å². The van der Waals surface area contributed by atoms with Crippen molar-refractivity contribution in [2.24, 2.45) is 4.99 Å². The summed E-state index contributed by atoms with van der Waals surface area (Å²) in [5, 5.41) is 7.82. The molecule has 0 radical (unpaired) electrons. The third-order valence-electron chi connectivity index (χ3n) is 4.25. The summed E-state index contributed by atoms with van der Waals surface area (Å²) in [4.78, 5) is 7.76. The maximum absolute atomic E-state index is 12.6. The van der Waals surface area contributed by atoms with E-state index < -0.39 is 11.9 Å². The lowest BCUT2D eigenvalue weighted by Gasteiger charge is -2.15. The van der Waals surface area contributed by atoms with Crippen LogP contribution in [0.1, 0.15) is 35.5 Å². The van der Waals surface area contributed by atoms with Crippen LogP contribution in [0.5, 0.6) is 5.75 Å². The summed E-state index contributed by atoms with van der Waals surface area (Å²) in [7, 11) is 3.30. The van der Waals surface area contributed by atoms with Crippen molar-refractivity contribution in [1.29, 1.82) is 0 Å². The predicted octanol–water partition coefficient (Wildman–Crippen LogP) is 4.07. The van der Waals surface area contributed by atoms with E-state index >= 15 is 0 Å². The first-order valence-corrected chi connectivity index (χ1v) is 9.81. The Labute approximate surface area is 167 Å². The standard InChI is InChI=1S/C19H25F3N4OS/c1-13(14-4-6-15(27-3)7-5-14)8-10-24-18(23-2)25-11-9-17-26-16(12-28-17)19(20,21)22/h4-7,12-13H,8-11H2,1-3H3,(H2,23,24,25). The molecule has 9 heteroatoms. The number of hydrogen-bond acceptors (Lipinski definition) is 4. The minimum absolute atomic E-state index is 0.368. The van der Waals surface area contributed by atoms with Gasteiger partial charge in [-0.15, -0.1) is 11.3 Å². The lowest BCUT2D eigenvalue weighted by atomic mass is 9.98. The molecule has 0 fully saturated rings. The minimum atomic E-state index is -4.39. The van der Waals surface area contributed by atoms with E-state index in [2.05, 4.69) is 39.7 Å². The van der Waals surface area contributed by atoms with Gasteiger partial charge in [-0.1, -0.05) is 19.1 Å². The van der Waals surface area contributed by atoms with Crippen molar-refractivity contribution >= 4 is 17.3 Å². The highest BCUT2D eigenvalue weighted by Crippen LogP contribution is 2.30. The number of benzene rings is 1. The number of nitrogens with one attached hydrogen (secondary N) is 2. The highest BCUT2D eigenvalue weighted by Gasteiger charge is 2.33. The molecule has 0 aliphatic rings. The Bertz CT molecular complexity index is 759. The SMILES string of the molecule is CN=C(NCCc1nc(C(F)(F)F)cs1)NCCC(C)c1ccc(OC)cc1. The van der Waals surface area contributed by atoms with Crippen LogP contribution in [0.3, 0.4) is 0 Å². The van der Waals surface area contributed by atoms with Gasteiger partial charge >= 0.3 is 6.18 Å². The van der Waals surface area contributed by atoms with Gasteiger partial charge in [-0.3, -0.25) is 4.99 Å². The highest BCUT2D eigenvalue weighted by molar-refractivity contribution is 7.09. The number of aliphatic imine (C=N–C) groups is 1. The second-order valence-electron chi connectivity index (χ2n) is 6.26. The average molecular weight is 414 g/mol. The summed E-state index contributed by atoms with van der Waals surface area (Å²) in [6.45, 7) is 3.33. The summed E-state index contributed by atoms with van der Waals surface area (Å²) < 4.78 is 42.9. The van der Waals surface area contributed by atoms with Crippen molar-refractivity contribution in [2.75, 3.05) is 27.2 Å². The van der Waals surface area contributed by atoms with Gasteiger partial charge in [-0.2, -0.15) is 13.2 Å². The number of rotatable bonds is 8. The van der Waals surface area contributed by atoms with E-state index in [-0.39, 0.29) is 0 Å². The Morgan fingerprint density at radius 2 is 1.89 bits per heavy atom. The molecule has 0 aliphatic heterocycles. The van der Waals surface area contributed by atoms with Gasteiger partial charge in [0.2, 0.25) is 0 Å². The van der Waals surface area contributed by atoms with E-state index in [9.17, 15) is 13.2 Å². The fourth-order valence-electron chi connectivity index (χ4n) is 2.57. The Balaban J connectivity index is 1.71. The molecule has 154 valence electrons. The molecule has 1 aromatic heterocycles. The topological polar surface area (TPSA) is 58.5 Å². The maximum atomic E-state index is 12.6. The van der Waals surface area contributed by atoms with E-state index in [1.807, 2.05) is 12.1 Å². The van der Waals surface area contributed by atoms with Crippen LogP contribution < -0.4 is 15.4 Å². The third kappa shape index (κ3) is 6.70. The van der Waals surface area contributed by atoms with Crippen molar-refractivity contribution in [3.8, 4) is 5.75 Å². The van der Waals surface area contributed by atoms with Crippen LogP contribution in [-0.2, 0) is 12.6 Å². The van der Waals surface area contributed by atoms with Crippen LogP contribution in [0.4, 0.5) is 13.2 Å². The smallest absolute Gasteiger partial charge is 0.434 e. The van der Waals surface area contributed by atoms with Gasteiger partial charge in [0.1, 0.15) is 5.75 Å². The van der Waals surface area contributed by atoms with Gasteiger partial charge in [0.05, 0.1) is 12.1 Å². The van der Waals surface area contributed by atoms with Crippen molar-refractivity contribution in [3.05, 3.63) is 45.9 Å². The van der Waals surface area contributed by atoms with Gasteiger partial charge in [0.15, 0.2) is 11.7 Å². The fourth-order valence-corrected chi connectivity index (χ4v) is 3.38. The molecule has 2 aromatic rings. The second-order valence-corrected chi connectivity index (χ2v) is 7.21. The number of ether oxygens (including phenoxy) is 1. The van der Waals surface area contributed by atoms with E-state index in [0.29, 0.717) is 29.9 Å². The Hall–Kier alpha value is -2.29. The number of halogens is 3. The normalized spacial score (nSPS) is 13.3. The lowest BCUT2D eigenvalue weighted by molar-refractivity contribution is -0.140. The number of alkyl halides is 3. The largest absolute Gasteiger partial charge is 0.497 e. The zero-order valence-corrected chi connectivity index (χ0v) is 17.0. The first kappa shape index (κ1) is 22.0. The first-order valence-electron chi connectivity index (χ1n) is 8.93. The van der Waals surface area contributed by atoms with Crippen LogP contribution >= 0.6 is 11.3 Å². The Morgan fingerprint density at radius 1 is 1.21 bits per heavy atom. The molecule has 0 saturated carbocycles. The zero-order chi connectivity index (χ0) is 20.6. The molecular weight excluding hydrogens is 389 g/mol. The monoisotopic (exact) mass is 414 g/mol. The van der Waals surface area contributed by atoms with Gasteiger partial charge in [-0.25, -0.2) is 4.98 Å². The fraction of sp³-hybridized carbons (Fsp3) is 0.474. The summed E-state index contributed by atoms with van der Waals surface area (Å²) in [5.41, 5.74) is 0.400. The molecule has 2 rings (SSSR count). The van der Waals surface area contributed by atoms with E-state index in [4.69, 9.17) is 4.74 Å². The van der Waals surface area contributed by atoms with E-state index in [1.165, 1.54) is 5.56 Å². The van der Waals surface area contributed by atoms with Crippen LogP contribution in [-0.4, -0.2) is 38.2 Å².